The first kappa shape index (κ1) is 12.7. The van der Waals surface area contributed by atoms with Gasteiger partial charge in [-0.25, -0.2) is 4.79 Å². The Bertz CT molecular complexity index is 646. The summed E-state index contributed by atoms with van der Waals surface area (Å²) in [5, 5.41) is 9.32. The minimum absolute atomic E-state index is 0.336. The van der Waals surface area contributed by atoms with Crippen molar-refractivity contribution in [1.82, 2.24) is 4.57 Å². The van der Waals surface area contributed by atoms with Gasteiger partial charge in [-0.15, -0.1) is 0 Å². The minimum atomic E-state index is -0.878. The summed E-state index contributed by atoms with van der Waals surface area (Å²) in [7, 11) is 0. The van der Waals surface area contributed by atoms with Crippen LogP contribution in [0.2, 0.25) is 0 Å². The van der Waals surface area contributed by atoms with Crippen molar-refractivity contribution in [3.63, 3.8) is 0 Å². The molecule has 4 heteroatoms. The molecule has 98 valence electrons. The van der Waals surface area contributed by atoms with E-state index in [0.717, 1.165) is 22.1 Å². The van der Waals surface area contributed by atoms with Crippen LogP contribution in [0.25, 0.3) is 5.69 Å². The van der Waals surface area contributed by atoms with E-state index in [1.165, 1.54) is 24.0 Å². The number of benzene rings is 1. The second-order valence-corrected chi connectivity index (χ2v) is 6.09. The molecule has 0 radical (unpaired) electrons. The standard InChI is InChI=1S/C15H14INO2/c16-11-8-14(15(18)19)17(9-11)13-7-3-5-10-4-1-2-6-12(10)13/h3,5,7-9H,1-2,4,6H2,(H,18,19). The number of aromatic nitrogens is 1. The zero-order chi connectivity index (χ0) is 13.4. The Balaban J connectivity index is 2.20. The maximum Gasteiger partial charge on any atom is 0.352 e. The topological polar surface area (TPSA) is 42.2 Å². The molecule has 1 aromatic carbocycles. The molecule has 19 heavy (non-hydrogen) atoms. The molecule has 0 atom stereocenters. The van der Waals surface area contributed by atoms with Crippen molar-refractivity contribution in [2.75, 3.05) is 0 Å². The zero-order valence-corrected chi connectivity index (χ0v) is 12.6. The van der Waals surface area contributed by atoms with Crippen molar-refractivity contribution >= 4 is 28.6 Å². The number of aromatic carboxylic acids is 1. The molecule has 1 N–H and O–H groups in total. The van der Waals surface area contributed by atoms with Crippen molar-refractivity contribution in [3.8, 4) is 5.69 Å². The van der Waals surface area contributed by atoms with Gasteiger partial charge >= 0.3 is 5.97 Å². The summed E-state index contributed by atoms with van der Waals surface area (Å²) < 4.78 is 2.76. The van der Waals surface area contributed by atoms with Crippen LogP contribution >= 0.6 is 22.6 Å². The number of carbonyl (C=O) groups is 1. The summed E-state index contributed by atoms with van der Waals surface area (Å²) in [4.78, 5) is 11.4. The van der Waals surface area contributed by atoms with Gasteiger partial charge < -0.3 is 9.67 Å². The summed E-state index contributed by atoms with van der Waals surface area (Å²) in [5.74, 6) is -0.878. The highest BCUT2D eigenvalue weighted by Crippen LogP contribution is 2.28. The molecular weight excluding hydrogens is 353 g/mol. The molecule has 3 nitrogen and oxygen atoms in total. The second-order valence-electron chi connectivity index (χ2n) is 4.84. The number of rotatable bonds is 2. The fourth-order valence-electron chi connectivity index (χ4n) is 2.78. The zero-order valence-electron chi connectivity index (χ0n) is 10.4. The van der Waals surface area contributed by atoms with E-state index in [-0.39, 0.29) is 0 Å². The lowest BCUT2D eigenvalue weighted by Crippen LogP contribution is -2.11. The molecule has 3 rings (SSSR count). The molecule has 0 spiro atoms. The molecule has 0 amide bonds. The van der Waals surface area contributed by atoms with Gasteiger partial charge in [-0.2, -0.15) is 0 Å². The van der Waals surface area contributed by atoms with Gasteiger partial charge in [0.05, 0.1) is 0 Å². The maximum atomic E-state index is 11.4. The molecule has 1 aliphatic rings. The number of hydrogen-bond acceptors (Lipinski definition) is 1. The van der Waals surface area contributed by atoms with Gasteiger partial charge in [0.2, 0.25) is 0 Å². The Labute approximate surface area is 125 Å². The van der Waals surface area contributed by atoms with E-state index in [9.17, 15) is 9.90 Å². The van der Waals surface area contributed by atoms with Gasteiger partial charge in [-0.1, -0.05) is 12.1 Å². The molecule has 0 unspecified atom stereocenters. The first-order valence-corrected chi connectivity index (χ1v) is 7.47. The van der Waals surface area contributed by atoms with Gasteiger partial charge in [0.15, 0.2) is 0 Å². The van der Waals surface area contributed by atoms with Gasteiger partial charge in [0.1, 0.15) is 5.69 Å². The molecule has 0 aliphatic heterocycles. The third-order valence-corrected chi connectivity index (χ3v) is 4.23. The van der Waals surface area contributed by atoms with E-state index in [1.54, 1.807) is 6.07 Å². The fraction of sp³-hybridized carbons (Fsp3) is 0.267. The maximum absolute atomic E-state index is 11.4. The van der Waals surface area contributed by atoms with Gasteiger partial charge in [0, 0.05) is 15.5 Å². The van der Waals surface area contributed by atoms with Crippen LogP contribution in [0.3, 0.4) is 0 Å². The molecule has 0 saturated heterocycles. The van der Waals surface area contributed by atoms with Crippen molar-refractivity contribution in [3.05, 3.63) is 50.9 Å². The van der Waals surface area contributed by atoms with E-state index in [0.29, 0.717) is 5.69 Å². The number of nitrogens with zero attached hydrogens (tertiary/aromatic N) is 1. The summed E-state index contributed by atoms with van der Waals surface area (Å²) in [5.41, 5.74) is 4.04. The summed E-state index contributed by atoms with van der Waals surface area (Å²) in [6.45, 7) is 0. The number of aryl methyl sites for hydroxylation is 1. The molecule has 0 bridgehead atoms. The Morgan fingerprint density at radius 2 is 2.05 bits per heavy atom. The van der Waals surface area contributed by atoms with Crippen molar-refractivity contribution < 1.29 is 9.90 Å². The lowest BCUT2D eigenvalue weighted by molar-refractivity contribution is 0.0688. The molecule has 2 aromatic rings. The monoisotopic (exact) mass is 367 g/mol. The third kappa shape index (κ3) is 2.29. The first-order valence-electron chi connectivity index (χ1n) is 6.39. The average Bonchev–Trinajstić information content (AvgIpc) is 2.80. The second kappa shape index (κ2) is 5.00. The average molecular weight is 367 g/mol. The third-order valence-electron chi connectivity index (χ3n) is 3.64. The van der Waals surface area contributed by atoms with Gasteiger partial charge in [-0.3, -0.25) is 0 Å². The molecule has 1 aromatic heterocycles. The Kier molecular flexibility index (Phi) is 3.35. The van der Waals surface area contributed by atoms with E-state index >= 15 is 0 Å². The van der Waals surface area contributed by atoms with Crippen LogP contribution in [0.5, 0.6) is 0 Å². The lowest BCUT2D eigenvalue weighted by Gasteiger charge is -2.20. The molecule has 1 aliphatic carbocycles. The van der Waals surface area contributed by atoms with Gasteiger partial charge in [-0.05, 0) is 71.5 Å². The van der Waals surface area contributed by atoms with Crippen LogP contribution in [-0.4, -0.2) is 15.6 Å². The normalized spacial score (nSPS) is 14.2. The number of carboxylic acids is 1. The largest absolute Gasteiger partial charge is 0.477 e. The summed E-state index contributed by atoms with van der Waals surface area (Å²) in [6, 6.07) is 7.92. The lowest BCUT2D eigenvalue weighted by atomic mass is 9.90. The number of carboxylic acid groups (broad SMARTS) is 1. The highest BCUT2D eigenvalue weighted by Gasteiger charge is 2.18. The Morgan fingerprint density at radius 3 is 2.84 bits per heavy atom. The Hall–Kier alpha value is -1.30. The van der Waals surface area contributed by atoms with Crippen LogP contribution in [0.4, 0.5) is 0 Å². The predicted octanol–water partition coefficient (Wildman–Crippen LogP) is 3.66. The fourth-order valence-corrected chi connectivity index (χ4v) is 3.35. The first-order chi connectivity index (χ1) is 9.16. The highest BCUT2D eigenvalue weighted by atomic mass is 127. The molecule has 1 heterocycles. The quantitative estimate of drug-likeness (QED) is 0.824. The van der Waals surface area contributed by atoms with Crippen LogP contribution in [0.15, 0.2) is 30.5 Å². The minimum Gasteiger partial charge on any atom is -0.477 e. The van der Waals surface area contributed by atoms with Crippen LogP contribution in [0, 0.1) is 3.57 Å². The van der Waals surface area contributed by atoms with Gasteiger partial charge in [0.25, 0.3) is 0 Å². The van der Waals surface area contributed by atoms with E-state index in [1.807, 2.05) is 22.9 Å². The molecular formula is C15H14INO2. The summed E-state index contributed by atoms with van der Waals surface area (Å²) in [6.07, 6.45) is 6.45. The number of hydrogen-bond donors (Lipinski definition) is 1. The van der Waals surface area contributed by atoms with Crippen LogP contribution in [-0.2, 0) is 12.8 Å². The Morgan fingerprint density at radius 1 is 1.26 bits per heavy atom. The SMILES string of the molecule is O=C(O)c1cc(I)cn1-c1cccc2c1CCCC2. The highest BCUT2D eigenvalue weighted by molar-refractivity contribution is 14.1. The number of fused-ring (bicyclic) bond motifs is 1. The van der Waals surface area contributed by atoms with E-state index < -0.39 is 5.97 Å². The van der Waals surface area contributed by atoms with E-state index in [4.69, 9.17) is 0 Å². The predicted molar refractivity (Wildman–Crippen MR) is 82.1 cm³/mol. The van der Waals surface area contributed by atoms with Crippen LogP contribution in [0.1, 0.15) is 34.5 Å². The summed E-state index contributed by atoms with van der Waals surface area (Å²) >= 11 is 2.16. The van der Waals surface area contributed by atoms with Crippen molar-refractivity contribution in [2.45, 2.75) is 25.7 Å². The number of halogens is 1. The molecule has 0 saturated carbocycles. The molecule has 0 fully saturated rings. The van der Waals surface area contributed by atoms with E-state index in [2.05, 4.69) is 28.7 Å². The van der Waals surface area contributed by atoms with Crippen LogP contribution < -0.4 is 0 Å². The smallest absolute Gasteiger partial charge is 0.352 e. The van der Waals surface area contributed by atoms with Crippen molar-refractivity contribution in [1.29, 1.82) is 0 Å². The van der Waals surface area contributed by atoms with Crippen molar-refractivity contribution in [2.24, 2.45) is 0 Å².